The Labute approximate surface area is 208 Å². The fourth-order valence-electron chi connectivity index (χ4n) is 2.97. The van der Waals surface area contributed by atoms with Gasteiger partial charge < -0.3 is 15.3 Å². The van der Waals surface area contributed by atoms with E-state index in [1.165, 1.54) is 11.3 Å². The van der Waals surface area contributed by atoms with E-state index in [0.717, 1.165) is 50.9 Å². The molecule has 2 aromatic carbocycles. The molecule has 5 aromatic rings. The second-order valence-corrected chi connectivity index (χ2v) is 10.4. The number of hydrogen-bond donors (Lipinski definition) is 3. The predicted molar refractivity (Wildman–Crippen MR) is 135 cm³/mol. The van der Waals surface area contributed by atoms with E-state index in [0.29, 0.717) is 11.1 Å². The number of nitrogens with zero attached hydrogens (tertiary/aromatic N) is 3. The summed E-state index contributed by atoms with van der Waals surface area (Å²) in [5.41, 5.74) is 3.55. The van der Waals surface area contributed by atoms with Crippen LogP contribution in [0.2, 0.25) is 0 Å². The number of benzene rings is 2. The standard InChI is InChI=1S/C19H10Br4N6S/c20-9-10(21)12(23)15-14(11(9)22)26-18(27-15)29-19-28-13(8-4-2-1-3-5-8)16(30-19)17-24-6-7-25-17/h1-7H,(H,24,25)(H2,26,27,28,29). The Balaban J connectivity index is 1.59. The number of fused-ring (bicyclic) bond motifs is 1. The van der Waals surface area contributed by atoms with Crippen LogP contribution in [0.5, 0.6) is 0 Å². The molecule has 0 spiro atoms. The second kappa shape index (κ2) is 8.19. The normalized spacial score (nSPS) is 11.3. The lowest BCUT2D eigenvalue weighted by atomic mass is 10.1. The Bertz CT molecular complexity index is 1320. The van der Waals surface area contributed by atoms with Gasteiger partial charge in [0.25, 0.3) is 0 Å². The van der Waals surface area contributed by atoms with Gasteiger partial charge in [-0.2, -0.15) is 0 Å². The van der Waals surface area contributed by atoms with Gasteiger partial charge >= 0.3 is 0 Å². The van der Waals surface area contributed by atoms with Gasteiger partial charge in [-0.25, -0.2) is 15.0 Å². The van der Waals surface area contributed by atoms with Crippen molar-refractivity contribution in [3.05, 3.63) is 60.6 Å². The van der Waals surface area contributed by atoms with Gasteiger partial charge in [-0.05, 0) is 63.7 Å². The Hall–Kier alpha value is -1.53. The average Bonchev–Trinajstić information content (AvgIpc) is 3.51. The van der Waals surface area contributed by atoms with E-state index >= 15 is 0 Å². The maximum absolute atomic E-state index is 4.83. The first-order valence-electron chi connectivity index (χ1n) is 8.57. The number of anilines is 2. The van der Waals surface area contributed by atoms with Crippen LogP contribution < -0.4 is 5.32 Å². The molecular formula is C19H10Br4N6S. The van der Waals surface area contributed by atoms with Gasteiger partial charge in [-0.3, -0.25) is 0 Å². The van der Waals surface area contributed by atoms with Crippen LogP contribution in [-0.4, -0.2) is 24.9 Å². The smallest absolute Gasteiger partial charge is 0.207 e. The monoisotopic (exact) mass is 670 g/mol. The first-order chi connectivity index (χ1) is 14.5. The van der Waals surface area contributed by atoms with Crippen molar-refractivity contribution in [1.29, 1.82) is 0 Å². The Morgan fingerprint density at radius 2 is 1.67 bits per heavy atom. The zero-order valence-corrected chi connectivity index (χ0v) is 22.0. The summed E-state index contributed by atoms with van der Waals surface area (Å²) in [7, 11) is 0. The number of H-pyrrole nitrogens is 2. The zero-order valence-electron chi connectivity index (χ0n) is 14.8. The summed E-state index contributed by atoms with van der Waals surface area (Å²) in [6, 6.07) is 10.1. The number of halogens is 4. The average molecular weight is 674 g/mol. The second-order valence-electron chi connectivity index (χ2n) is 6.19. The number of rotatable bonds is 4. The minimum absolute atomic E-state index is 0.593. The van der Waals surface area contributed by atoms with E-state index in [1.54, 1.807) is 12.4 Å². The molecular weight excluding hydrogens is 664 g/mol. The van der Waals surface area contributed by atoms with Gasteiger partial charge in [-0.1, -0.05) is 41.7 Å². The summed E-state index contributed by atoms with van der Waals surface area (Å²) in [6.45, 7) is 0. The molecule has 3 N–H and O–H groups in total. The minimum Gasteiger partial charge on any atom is -0.344 e. The predicted octanol–water partition coefficient (Wildman–Crippen LogP) is 7.87. The molecule has 3 heterocycles. The third-order valence-corrected chi connectivity index (χ3v) is 10.0. The highest BCUT2D eigenvalue weighted by atomic mass is 79.9. The van der Waals surface area contributed by atoms with E-state index < -0.39 is 0 Å². The molecule has 0 saturated heterocycles. The van der Waals surface area contributed by atoms with Gasteiger partial charge in [0.1, 0.15) is 11.3 Å². The van der Waals surface area contributed by atoms with Crippen LogP contribution in [0.1, 0.15) is 0 Å². The van der Waals surface area contributed by atoms with Crippen molar-refractivity contribution < 1.29 is 0 Å². The zero-order chi connectivity index (χ0) is 20.8. The maximum atomic E-state index is 4.83. The molecule has 5 rings (SSSR count). The summed E-state index contributed by atoms with van der Waals surface area (Å²) in [4.78, 5) is 21.4. The van der Waals surface area contributed by atoms with Gasteiger partial charge in [0.2, 0.25) is 5.95 Å². The molecule has 0 aliphatic heterocycles. The number of imidazole rings is 2. The van der Waals surface area contributed by atoms with Crippen molar-refractivity contribution in [2.75, 3.05) is 5.32 Å². The van der Waals surface area contributed by atoms with Crippen LogP contribution >= 0.6 is 75.1 Å². The molecule has 150 valence electrons. The SMILES string of the molecule is Brc1c(Br)c(Br)c2[nH]c(Nc3nc(-c4ccccc4)c(-c4ncc[nH]4)s3)nc2c1Br. The highest BCUT2D eigenvalue weighted by Crippen LogP contribution is 2.43. The maximum Gasteiger partial charge on any atom is 0.207 e. The molecule has 0 saturated carbocycles. The molecule has 0 fully saturated rings. The lowest BCUT2D eigenvalue weighted by molar-refractivity contribution is 1.28. The van der Waals surface area contributed by atoms with Crippen LogP contribution in [0, 0.1) is 0 Å². The quantitative estimate of drug-likeness (QED) is 0.134. The van der Waals surface area contributed by atoms with E-state index in [2.05, 4.69) is 84.0 Å². The van der Waals surface area contributed by atoms with Crippen LogP contribution in [0.4, 0.5) is 11.1 Å². The van der Waals surface area contributed by atoms with Gasteiger partial charge in [-0.15, -0.1) is 0 Å². The minimum atomic E-state index is 0.593. The van der Waals surface area contributed by atoms with Crippen molar-refractivity contribution in [2.24, 2.45) is 0 Å². The van der Waals surface area contributed by atoms with E-state index in [9.17, 15) is 0 Å². The molecule has 30 heavy (non-hydrogen) atoms. The van der Waals surface area contributed by atoms with Gasteiger partial charge in [0, 0.05) is 26.9 Å². The highest BCUT2D eigenvalue weighted by Gasteiger charge is 2.20. The number of aromatic nitrogens is 5. The van der Waals surface area contributed by atoms with Gasteiger partial charge in [0.05, 0.1) is 25.0 Å². The molecule has 0 amide bonds. The van der Waals surface area contributed by atoms with Crippen molar-refractivity contribution in [3.63, 3.8) is 0 Å². The number of hydrogen-bond acceptors (Lipinski definition) is 5. The lowest BCUT2D eigenvalue weighted by Gasteiger charge is -2.03. The first kappa shape index (κ1) is 20.4. The van der Waals surface area contributed by atoms with E-state index in [4.69, 9.17) is 9.97 Å². The Morgan fingerprint density at radius 3 is 2.40 bits per heavy atom. The Morgan fingerprint density at radius 1 is 0.900 bits per heavy atom. The molecule has 0 bridgehead atoms. The molecule has 0 radical (unpaired) electrons. The molecule has 0 unspecified atom stereocenters. The summed E-state index contributed by atoms with van der Waals surface area (Å²) >= 11 is 15.9. The fourth-order valence-corrected chi connectivity index (χ4v) is 6.20. The lowest BCUT2D eigenvalue weighted by Crippen LogP contribution is -1.91. The third-order valence-electron chi connectivity index (χ3n) is 4.32. The molecule has 0 aliphatic rings. The summed E-state index contributed by atoms with van der Waals surface area (Å²) in [5.74, 6) is 1.37. The third kappa shape index (κ3) is 3.56. The van der Waals surface area contributed by atoms with Gasteiger partial charge in [0.15, 0.2) is 5.13 Å². The number of nitrogens with one attached hydrogen (secondary N) is 3. The molecule has 3 aromatic heterocycles. The van der Waals surface area contributed by atoms with Crippen LogP contribution in [-0.2, 0) is 0 Å². The summed E-state index contributed by atoms with van der Waals surface area (Å²) in [5, 5.41) is 4.02. The summed E-state index contributed by atoms with van der Waals surface area (Å²) in [6.07, 6.45) is 3.54. The van der Waals surface area contributed by atoms with E-state index in [-0.39, 0.29) is 0 Å². The summed E-state index contributed by atoms with van der Waals surface area (Å²) < 4.78 is 3.53. The first-order valence-corrected chi connectivity index (χ1v) is 12.6. The van der Waals surface area contributed by atoms with Crippen molar-refractivity contribution in [2.45, 2.75) is 0 Å². The highest BCUT2D eigenvalue weighted by molar-refractivity contribution is 9.15. The van der Waals surface area contributed by atoms with Crippen molar-refractivity contribution in [1.82, 2.24) is 24.9 Å². The molecule has 0 atom stereocenters. The number of thiazole rings is 1. The fraction of sp³-hybridized carbons (Fsp3) is 0. The molecule has 11 heteroatoms. The Kier molecular flexibility index (Phi) is 5.56. The van der Waals surface area contributed by atoms with Crippen LogP contribution in [0.15, 0.2) is 60.6 Å². The molecule has 0 aliphatic carbocycles. The van der Waals surface area contributed by atoms with E-state index in [1.807, 2.05) is 30.3 Å². The van der Waals surface area contributed by atoms with Crippen molar-refractivity contribution >= 4 is 97.2 Å². The largest absolute Gasteiger partial charge is 0.344 e. The van der Waals surface area contributed by atoms with Crippen LogP contribution in [0.3, 0.4) is 0 Å². The molecule has 6 nitrogen and oxygen atoms in total. The topological polar surface area (TPSA) is 82.3 Å². The van der Waals surface area contributed by atoms with Crippen molar-refractivity contribution in [3.8, 4) is 22.0 Å². The number of aromatic amines is 2. The van der Waals surface area contributed by atoms with Crippen LogP contribution in [0.25, 0.3) is 33.0 Å².